The molecule has 5 heteroatoms. The Kier molecular flexibility index (Phi) is 3.47. The average molecular weight is 237 g/mol. The lowest BCUT2D eigenvalue weighted by atomic mass is 10.2. The molecule has 0 amide bonds. The molecule has 5 nitrogen and oxygen atoms in total. The van der Waals surface area contributed by atoms with Gasteiger partial charge in [-0.3, -0.25) is 9.48 Å². The second kappa shape index (κ2) is 4.87. The first-order chi connectivity index (χ1) is 8.13. The lowest BCUT2D eigenvalue weighted by molar-refractivity contribution is 0.111. The molecule has 0 N–H and O–H groups in total. The number of carbonyl (C=O) groups is 1. The van der Waals surface area contributed by atoms with Crippen LogP contribution in [0.25, 0.3) is 0 Å². The molecule has 0 bridgehead atoms. The summed E-state index contributed by atoms with van der Waals surface area (Å²) in [6.07, 6.45) is 3.37. The van der Waals surface area contributed by atoms with Gasteiger partial charge in [-0.25, -0.2) is 0 Å². The van der Waals surface area contributed by atoms with E-state index in [1.165, 1.54) is 0 Å². The number of likely N-dealkylation sites (N-methyl/N-ethyl adjacent to an activating group) is 1. The smallest absolute Gasteiger partial charge is 0.155 e. The third kappa shape index (κ3) is 2.34. The first-order valence-corrected chi connectivity index (χ1v) is 5.95. The van der Waals surface area contributed by atoms with Crippen LogP contribution in [0.15, 0.2) is 0 Å². The van der Waals surface area contributed by atoms with Crippen LogP contribution >= 0.6 is 0 Å². The summed E-state index contributed by atoms with van der Waals surface area (Å²) >= 11 is 0. The van der Waals surface area contributed by atoms with E-state index < -0.39 is 0 Å². The molecule has 1 aliphatic heterocycles. The van der Waals surface area contributed by atoms with E-state index in [-0.39, 0.29) is 6.10 Å². The highest BCUT2D eigenvalue weighted by Crippen LogP contribution is 2.22. The Labute approximate surface area is 101 Å². The highest BCUT2D eigenvalue weighted by atomic mass is 16.5. The maximum absolute atomic E-state index is 11.1. The Morgan fingerprint density at radius 1 is 1.65 bits per heavy atom. The first-order valence-electron chi connectivity index (χ1n) is 5.95. The largest absolute Gasteiger partial charge is 0.376 e. The summed E-state index contributed by atoms with van der Waals surface area (Å²) < 4.78 is 7.36. The van der Waals surface area contributed by atoms with Crippen molar-refractivity contribution in [1.82, 2.24) is 9.78 Å². The molecular formula is C12H19N3O2. The Bertz CT molecular complexity index is 408. The van der Waals surface area contributed by atoms with Gasteiger partial charge in [-0.05, 0) is 19.8 Å². The van der Waals surface area contributed by atoms with Gasteiger partial charge in [-0.1, -0.05) is 0 Å². The van der Waals surface area contributed by atoms with Gasteiger partial charge in [0.1, 0.15) is 5.82 Å². The van der Waals surface area contributed by atoms with E-state index in [9.17, 15) is 4.79 Å². The van der Waals surface area contributed by atoms with Crippen molar-refractivity contribution in [2.75, 3.05) is 25.1 Å². The van der Waals surface area contributed by atoms with Gasteiger partial charge < -0.3 is 9.64 Å². The topological polar surface area (TPSA) is 47.4 Å². The Morgan fingerprint density at radius 2 is 2.41 bits per heavy atom. The second-order valence-corrected chi connectivity index (χ2v) is 4.58. The summed E-state index contributed by atoms with van der Waals surface area (Å²) in [5.41, 5.74) is 1.45. The third-order valence-corrected chi connectivity index (χ3v) is 3.22. The van der Waals surface area contributed by atoms with Crippen LogP contribution in [0.4, 0.5) is 5.82 Å². The quantitative estimate of drug-likeness (QED) is 0.737. The van der Waals surface area contributed by atoms with E-state index >= 15 is 0 Å². The summed E-state index contributed by atoms with van der Waals surface area (Å²) in [5, 5.41) is 4.28. The summed E-state index contributed by atoms with van der Waals surface area (Å²) in [7, 11) is 3.84. The van der Waals surface area contributed by atoms with Crippen LogP contribution in [-0.2, 0) is 11.8 Å². The molecule has 1 saturated heterocycles. The molecule has 2 rings (SSSR count). The maximum Gasteiger partial charge on any atom is 0.155 e. The van der Waals surface area contributed by atoms with Crippen molar-refractivity contribution in [1.29, 1.82) is 0 Å². The zero-order chi connectivity index (χ0) is 12.4. The van der Waals surface area contributed by atoms with Crippen LogP contribution in [0.3, 0.4) is 0 Å². The van der Waals surface area contributed by atoms with Crippen LogP contribution in [0.1, 0.15) is 28.9 Å². The first kappa shape index (κ1) is 12.1. The number of aldehydes is 1. The molecule has 1 atom stereocenters. The van der Waals surface area contributed by atoms with Gasteiger partial charge in [0.2, 0.25) is 0 Å². The van der Waals surface area contributed by atoms with Gasteiger partial charge >= 0.3 is 0 Å². The molecule has 94 valence electrons. The molecule has 1 aromatic heterocycles. The van der Waals surface area contributed by atoms with Crippen molar-refractivity contribution < 1.29 is 9.53 Å². The highest BCUT2D eigenvalue weighted by molar-refractivity contribution is 5.84. The molecule has 17 heavy (non-hydrogen) atoms. The number of hydrogen-bond donors (Lipinski definition) is 0. The number of aryl methyl sites for hydroxylation is 2. The fourth-order valence-electron chi connectivity index (χ4n) is 2.43. The van der Waals surface area contributed by atoms with Crippen LogP contribution in [0, 0.1) is 6.92 Å². The predicted molar refractivity (Wildman–Crippen MR) is 65.6 cm³/mol. The molecule has 0 aliphatic carbocycles. The lowest BCUT2D eigenvalue weighted by Gasteiger charge is -2.23. The molecular weight excluding hydrogens is 218 g/mol. The standard InChI is InChI=1S/C12H19N3O2/c1-9-11(8-16)12(15(3)13-9)14(2)7-10-5-4-6-17-10/h8,10H,4-7H2,1-3H3. The monoisotopic (exact) mass is 237 g/mol. The van der Waals surface area contributed by atoms with Crippen LogP contribution < -0.4 is 4.90 Å². The van der Waals surface area contributed by atoms with Gasteiger partial charge in [0.05, 0.1) is 17.4 Å². The second-order valence-electron chi connectivity index (χ2n) is 4.58. The van der Waals surface area contributed by atoms with Crippen molar-refractivity contribution in [2.24, 2.45) is 7.05 Å². The minimum absolute atomic E-state index is 0.273. The van der Waals surface area contributed by atoms with Crippen molar-refractivity contribution >= 4 is 12.1 Å². The van der Waals surface area contributed by atoms with E-state index in [2.05, 4.69) is 10.00 Å². The molecule has 0 saturated carbocycles. The maximum atomic E-state index is 11.1. The zero-order valence-corrected chi connectivity index (χ0v) is 10.6. The van der Waals surface area contributed by atoms with Crippen LogP contribution in [0.5, 0.6) is 0 Å². The average Bonchev–Trinajstić information content (AvgIpc) is 2.85. The molecule has 0 radical (unpaired) electrons. The molecule has 2 heterocycles. The zero-order valence-electron chi connectivity index (χ0n) is 10.6. The van der Waals surface area contributed by atoms with Gasteiger partial charge in [0, 0.05) is 27.2 Å². The Morgan fingerprint density at radius 3 is 3.00 bits per heavy atom. The summed E-state index contributed by atoms with van der Waals surface area (Å²) in [6, 6.07) is 0. The molecule has 0 aromatic carbocycles. The van der Waals surface area contributed by atoms with E-state index in [0.29, 0.717) is 5.56 Å². The minimum atomic E-state index is 0.273. The normalized spacial score (nSPS) is 19.6. The van der Waals surface area contributed by atoms with Gasteiger partial charge in [-0.15, -0.1) is 0 Å². The van der Waals surface area contributed by atoms with E-state index in [4.69, 9.17) is 4.74 Å². The number of nitrogens with zero attached hydrogens (tertiary/aromatic N) is 3. The molecule has 1 aliphatic rings. The number of anilines is 1. The highest BCUT2D eigenvalue weighted by Gasteiger charge is 2.22. The third-order valence-electron chi connectivity index (χ3n) is 3.22. The van der Waals surface area contributed by atoms with Crippen LogP contribution in [0.2, 0.25) is 0 Å². The van der Waals surface area contributed by atoms with E-state index in [1.54, 1.807) is 4.68 Å². The predicted octanol–water partition coefficient (Wildman–Crippen LogP) is 1.16. The number of carbonyl (C=O) groups excluding carboxylic acids is 1. The summed E-state index contributed by atoms with van der Waals surface area (Å²) in [4.78, 5) is 13.1. The van der Waals surface area contributed by atoms with Crippen molar-refractivity contribution in [3.05, 3.63) is 11.3 Å². The van der Waals surface area contributed by atoms with E-state index in [1.807, 2.05) is 21.0 Å². The number of hydrogen-bond acceptors (Lipinski definition) is 4. The fraction of sp³-hybridized carbons (Fsp3) is 0.667. The summed E-state index contributed by atoms with van der Waals surface area (Å²) in [5.74, 6) is 0.869. The Hall–Kier alpha value is -1.36. The van der Waals surface area contributed by atoms with Crippen molar-refractivity contribution in [2.45, 2.75) is 25.9 Å². The summed E-state index contributed by atoms with van der Waals surface area (Å²) in [6.45, 7) is 3.51. The minimum Gasteiger partial charge on any atom is -0.376 e. The van der Waals surface area contributed by atoms with E-state index in [0.717, 1.165) is 43.8 Å². The van der Waals surface area contributed by atoms with Crippen LogP contribution in [-0.4, -0.2) is 42.4 Å². The lowest BCUT2D eigenvalue weighted by Crippen LogP contribution is -2.30. The van der Waals surface area contributed by atoms with Gasteiger partial charge in [0.15, 0.2) is 6.29 Å². The fourth-order valence-corrected chi connectivity index (χ4v) is 2.43. The Balaban J connectivity index is 2.17. The number of aromatic nitrogens is 2. The van der Waals surface area contributed by atoms with Crippen molar-refractivity contribution in [3.8, 4) is 0 Å². The number of rotatable bonds is 4. The SMILES string of the molecule is Cc1nn(C)c(N(C)CC2CCCO2)c1C=O. The molecule has 1 unspecified atom stereocenters. The number of ether oxygens (including phenoxy) is 1. The van der Waals surface area contributed by atoms with Gasteiger partial charge in [-0.2, -0.15) is 5.10 Å². The van der Waals surface area contributed by atoms with Gasteiger partial charge in [0.25, 0.3) is 0 Å². The molecule has 0 spiro atoms. The van der Waals surface area contributed by atoms with Crippen molar-refractivity contribution in [3.63, 3.8) is 0 Å². The molecule has 1 aromatic rings. The molecule has 1 fully saturated rings.